The molecule has 1 heterocycles. The van der Waals surface area contributed by atoms with Crippen LogP contribution in [0.15, 0.2) is 43.1 Å². The van der Waals surface area contributed by atoms with E-state index in [0.717, 1.165) is 29.7 Å². The van der Waals surface area contributed by atoms with Crippen LogP contribution in [0.25, 0.3) is 11.1 Å². The van der Waals surface area contributed by atoms with E-state index >= 15 is 0 Å². The van der Waals surface area contributed by atoms with Crippen molar-refractivity contribution in [3.63, 3.8) is 0 Å². The summed E-state index contributed by atoms with van der Waals surface area (Å²) in [4.78, 5) is 4.46. The molecule has 0 N–H and O–H groups in total. The van der Waals surface area contributed by atoms with Crippen LogP contribution >= 0.6 is 0 Å². The Morgan fingerprint density at radius 3 is 2.80 bits per heavy atom. The molecule has 0 aliphatic heterocycles. The Hall–Kier alpha value is -1.63. The Balaban J connectivity index is 2.27. The molecule has 76 valence electrons. The highest BCUT2D eigenvalue weighted by molar-refractivity contribution is 5.67. The summed E-state index contributed by atoms with van der Waals surface area (Å²) in [5, 5.41) is 0. The minimum atomic E-state index is 1.06. The summed E-state index contributed by atoms with van der Waals surface area (Å²) in [5.74, 6) is 0. The predicted molar refractivity (Wildman–Crippen MR) is 65.3 cm³/mol. The van der Waals surface area contributed by atoms with Gasteiger partial charge >= 0.3 is 0 Å². The first kappa shape index (κ1) is 9.91. The molecule has 0 unspecified atom stereocenters. The van der Waals surface area contributed by atoms with Gasteiger partial charge in [-0.3, -0.25) is 4.98 Å². The van der Waals surface area contributed by atoms with Crippen LogP contribution in [0.4, 0.5) is 0 Å². The maximum absolute atomic E-state index is 4.46. The van der Waals surface area contributed by atoms with Crippen LogP contribution in [-0.2, 0) is 0 Å². The molecule has 1 aliphatic rings. The van der Waals surface area contributed by atoms with Crippen molar-refractivity contribution in [1.29, 1.82) is 0 Å². The molecule has 0 fully saturated rings. The zero-order chi connectivity index (χ0) is 10.7. The van der Waals surface area contributed by atoms with Crippen LogP contribution in [0.3, 0.4) is 0 Å². The van der Waals surface area contributed by atoms with Crippen molar-refractivity contribution in [1.82, 2.24) is 4.98 Å². The van der Waals surface area contributed by atoms with Gasteiger partial charge in [-0.25, -0.2) is 0 Å². The summed E-state index contributed by atoms with van der Waals surface area (Å²) in [6.07, 6.45) is 10.5. The van der Waals surface area contributed by atoms with E-state index in [-0.39, 0.29) is 0 Å². The Morgan fingerprint density at radius 1 is 1.40 bits per heavy atom. The fraction of sp³-hybridized carbons (Fsp3) is 0.214. The zero-order valence-corrected chi connectivity index (χ0v) is 9.03. The van der Waals surface area contributed by atoms with Gasteiger partial charge in [0.2, 0.25) is 0 Å². The van der Waals surface area contributed by atoms with Gasteiger partial charge < -0.3 is 0 Å². The van der Waals surface area contributed by atoms with Crippen molar-refractivity contribution in [3.8, 4) is 0 Å². The van der Waals surface area contributed by atoms with Gasteiger partial charge in [0.25, 0.3) is 0 Å². The minimum absolute atomic E-state index is 1.06. The number of hydrogen-bond acceptors (Lipinski definition) is 1. The molecule has 0 aromatic carbocycles. The van der Waals surface area contributed by atoms with E-state index < -0.39 is 0 Å². The molecule has 1 aromatic rings. The Labute approximate surface area is 90.9 Å². The molecule has 2 rings (SSSR count). The second kappa shape index (κ2) is 4.26. The highest BCUT2D eigenvalue weighted by Gasteiger charge is 2.04. The summed E-state index contributed by atoms with van der Waals surface area (Å²) in [6, 6.07) is 4.17. The highest BCUT2D eigenvalue weighted by atomic mass is 14.7. The number of hydrogen-bond donors (Lipinski definition) is 0. The molecule has 0 atom stereocenters. The van der Waals surface area contributed by atoms with Gasteiger partial charge in [-0.15, -0.1) is 0 Å². The van der Waals surface area contributed by atoms with Gasteiger partial charge in [0, 0.05) is 6.20 Å². The lowest BCUT2D eigenvalue weighted by atomic mass is 10.0. The smallest absolute Gasteiger partial charge is 0.0662 e. The number of pyridine rings is 1. The summed E-state index contributed by atoms with van der Waals surface area (Å²) in [5.41, 5.74) is 4.59. The third kappa shape index (κ3) is 2.24. The van der Waals surface area contributed by atoms with Crippen molar-refractivity contribution in [2.75, 3.05) is 0 Å². The van der Waals surface area contributed by atoms with Crippen LogP contribution in [0.2, 0.25) is 0 Å². The molecular weight excluding hydrogens is 182 g/mol. The normalized spacial score (nSPS) is 14.9. The maximum Gasteiger partial charge on any atom is 0.0662 e. The topological polar surface area (TPSA) is 12.9 Å². The Kier molecular flexibility index (Phi) is 2.82. The van der Waals surface area contributed by atoms with E-state index in [4.69, 9.17) is 0 Å². The fourth-order valence-electron chi connectivity index (χ4n) is 1.65. The standard InChI is InChI=1S/C14H15N/c1-11(2)13-8-9-14(15-10-13)12-6-4-3-5-7-12/h3-4,6,8-10H,1,5,7H2,2H3. The minimum Gasteiger partial charge on any atom is -0.256 e. The summed E-state index contributed by atoms with van der Waals surface area (Å²) in [6.45, 7) is 5.90. The molecule has 1 aliphatic carbocycles. The second-order valence-corrected chi connectivity index (χ2v) is 3.87. The lowest BCUT2D eigenvalue weighted by Gasteiger charge is -2.08. The van der Waals surface area contributed by atoms with Crippen LogP contribution in [0.1, 0.15) is 31.0 Å². The average molecular weight is 197 g/mol. The van der Waals surface area contributed by atoms with E-state index in [1.54, 1.807) is 0 Å². The monoisotopic (exact) mass is 197 g/mol. The van der Waals surface area contributed by atoms with Crippen molar-refractivity contribution >= 4 is 11.1 Å². The molecular formula is C14H15N. The molecule has 15 heavy (non-hydrogen) atoms. The van der Waals surface area contributed by atoms with E-state index in [1.807, 2.05) is 13.1 Å². The molecule has 1 heteroatoms. The van der Waals surface area contributed by atoms with Gasteiger partial charge in [0.1, 0.15) is 0 Å². The number of allylic oxidation sites excluding steroid dienone is 5. The third-order valence-electron chi connectivity index (χ3n) is 2.60. The SMILES string of the molecule is C=C(C)c1ccc(C2=CC=CCC2)nc1. The van der Waals surface area contributed by atoms with Gasteiger partial charge in [-0.2, -0.15) is 0 Å². The fourth-order valence-corrected chi connectivity index (χ4v) is 1.65. The van der Waals surface area contributed by atoms with Gasteiger partial charge in [-0.1, -0.05) is 30.9 Å². The lowest BCUT2D eigenvalue weighted by molar-refractivity contribution is 1.04. The quantitative estimate of drug-likeness (QED) is 0.701. The van der Waals surface area contributed by atoms with Crippen molar-refractivity contribution in [3.05, 3.63) is 54.4 Å². The molecule has 1 nitrogen and oxygen atoms in total. The Morgan fingerprint density at radius 2 is 2.27 bits per heavy atom. The van der Waals surface area contributed by atoms with Gasteiger partial charge in [-0.05, 0) is 42.5 Å². The molecule has 1 aromatic heterocycles. The summed E-state index contributed by atoms with van der Waals surface area (Å²) >= 11 is 0. The van der Waals surface area contributed by atoms with Crippen LogP contribution < -0.4 is 0 Å². The van der Waals surface area contributed by atoms with Crippen LogP contribution in [0, 0.1) is 0 Å². The largest absolute Gasteiger partial charge is 0.256 e. The number of rotatable bonds is 2. The number of nitrogens with zero attached hydrogens (tertiary/aromatic N) is 1. The average Bonchev–Trinajstić information content (AvgIpc) is 2.30. The lowest BCUT2D eigenvalue weighted by Crippen LogP contribution is -1.92. The van der Waals surface area contributed by atoms with Gasteiger partial charge in [0.05, 0.1) is 5.69 Å². The molecule has 0 bridgehead atoms. The first-order valence-electron chi connectivity index (χ1n) is 5.25. The first-order valence-corrected chi connectivity index (χ1v) is 5.25. The van der Waals surface area contributed by atoms with E-state index in [1.165, 1.54) is 5.57 Å². The molecule has 0 saturated carbocycles. The summed E-state index contributed by atoms with van der Waals surface area (Å²) in [7, 11) is 0. The molecule has 0 saturated heterocycles. The van der Waals surface area contributed by atoms with Crippen LogP contribution in [0.5, 0.6) is 0 Å². The first-order chi connectivity index (χ1) is 7.27. The Bertz CT molecular complexity index is 421. The summed E-state index contributed by atoms with van der Waals surface area (Å²) < 4.78 is 0. The second-order valence-electron chi connectivity index (χ2n) is 3.87. The van der Waals surface area contributed by atoms with E-state index in [2.05, 4.69) is 41.9 Å². The molecule has 0 amide bonds. The maximum atomic E-state index is 4.46. The molecule has 0 spiro atoms. The highest BCUT2D eigenvalue weighted by Crippen LogP contribution is 2.22. The predicted octanol–water partition coefficient (Wildman–Crippen LogP) is 3.85. The van der Waals surface area contributed by atoms with Crippen molar-refractivity contribution < 1.29 is 0 Å². The molecule has 0 radical (unpaired) electrons. The number of aromatic nitrogens is 1. The van der Waals surface area contributed by atoms with E-state index in [9.17, 15) is 0 Å². The van der Waals surface area contributed by atoms with E-state index in [0.29, 0.717) is 0 Å². The van der Waals surface area contributed by atoms with Crippen molar-refractivity contribution in [2.45, 2.75) is 19.8 Å². The van der Waals surface area contributed by atoms with Gasteiger partial charge in [0.15, 0.2) is 0 Å². The zero-order valence-electron chi connectivity index (χ0n) is 9.03. The van der Waals surface area contributed by atoms with Crippen LogP contribution in [-0.4, -0.2) is 4.98 Å². The van der Waals surface area contributed by atoms with Crippen molar-refractivity contribution in [2.24, 2.45) is 0 Å². The third-order valence-corrected chi connectivity index (χ3v) is 2.60.